The summed E-state index contributed by atoms with van der Waals surface area (Å²) < 4.78 is 38.7. The molecule has 2 aliphatic rings. The highest BCUT2D eigenvalue weighted by Crippen LogP contribution is 2.38. The molecule has 0 unspecified atom stereocenters. The molecule has 134 valence electrons. The minimum absolute atomic E-state index is 0.274. The van der Waals surface area contributed by atoms with Crippen LogP contribution in [0.15, 0.2) is 40.6 Å². The van der Waals surface area contributed by atoms with Crippen molar-refractivity contribution >= 4 is 33.1 Å². The van der Waals surface area contributed by atoms with Crippen LogP contribution in [-0.2, 0) is 10.0 Å². The Kier molecular flexibility index (Phi) is 4.95. The van der Waals surface area contributed by atoms with Crippen molar-refractivity contribution in [1.82, 2.24) is 4.31 Å². The molecule has 1 fully saturated rings. The SMILES string of the molecule is O=S(=O)(c1ccc2c(c1)OCCO2)N1CCS[C@@H](c2cccs2)CC1. The van der Waals surface area contributed by atoms with Crippen LogP contribution in [-0.4, -0.2) is 44.8 Å². The van der Waals surface area contributed by atoms with E-state index in [9.17, 15) is 8.42 Å². The van der Waals surface area contributed by atoms with E-state index in [-0.39, 0.29) is 4.90 Å². The van der Waals surface area contributed by atoms with Gasteiger partial charge < -0.3 is 9.47 Å². The van der Waals surface area contributed by atoms with Gasteiger partial charge in [-0.25, -0.2) is 8.42 Å². The van der Waals surface area contributed by atoms with E-state index in [1.165, 1.54) is 4.88 Å². The number of thiophene rings is 1. The second-order valence-electron chi connectivity index (χ2n) is 5.87. The molecule has 3 heterocycles. The van der Waals surface area contributed by atoms with E-state index in [4.69, 9.17) is 9.47 Å². The van der Waals surface area contributed by atoms with Crippen molar-refractivity contribution in [3.8, 4) is 11.5 Å². The third kappa shape index (κ3) is 3.53. The molecule has 0 radical (unpaired) electrons. The lowest BCUT2D eigenvalue weighted by atomic mass is 10.2. The Labute approximate surface area is 156 Å². The molecule has 0 bridgehead atoms. The van der Waals surface area contributed by atoms with E-state index in [1.807, 2.05) is 11.8 Å². The molecular weight excluding hydrogens is 378 g/mol. The number of benzene rings is 1. The summed E-state index contributed by atoms with van der Waals surface area (Å²) in [7, 11) is -3.52. The van der Waals surface area contributed by atoms with Gasteiger partial charge in [0.1, 0.15) is 13.2 Å². The molecule has 0 amide bonds. The van der Waals surface area contributed by atoms with Gasteiger partial charge in [0.25, 0.3) is 0 Å². The van der Waals surface area contributed by atoms with Crippen LogP contribution in [0.25, 0.3) is 0 Å². The van der Waals surface area contributed by atoms with E-state index in [2.05, 4.69) is 17.5 Å². The van der Waals surface area contributed by atoms with Crippen LogP contribution in [0, 0.1) is 0 Å². The van der Waals surface area contributed by atoms with Gasteiger partial charge in [-0.05, 0) is 30.0 Å². The molecule has 8 heteroatoms. The van der Waals surface area contributed by atoms with Crippen molar-refractivity contribution < 1.29 is 17.9 Å². The van der Waals surface area contributed by atoms with Crippen molar-refractivity contribution in [1.29, 1.82) is 0 Å². The number of sulfonamides is 1. The molecule has 25 heavy (non-hydrogen) atoms. The fourth-order valence-corrected chi connectivity index (χ4v) is 6.85. The summed E-state index contributed by atoms with van der Waals surface area (Å²) in [5, 5.41) is 2.45. The first-order chi connectivity index (χ1) is 12.1. The number of rotatable bonds is 3. The second kappa shape index (κ2) is 7.19. The molecule has 1 atom stereocenters. The van der Waals surface area contributed by atoms with Gasteiger partial charge in [0.2, 0.25) is 10.0 Å². The second-order valence-corrected chi connectivity index (χ2v) is 10.1. The summed E-state index contributed by atoms with van der Waals surface area (Å²) in [6, 6.07) is 9.06. The molecular formula is C17H19NO4S3. The summed E-state index contributed by atoms with van der Waals surface area (Å²) in [6.07, 6.45) is 0.828. The lowest BCUT2D eigenvalue weighted by Gasteiger charge is -2.22. The maximum Gasteiger partial charge on any atom is 0.243 e. The van der Waals surface area contributed by atoms with Gasteiger partial charge in [-0.15, -0.1) is 11.3 Å². The third-order valence-corrected chi connectivity index (χ3v) is 8.65. The van der Waals surface area contributed by atoms with Crippen molar-refractivity contribution in [2.24, 2.45) is 0 Å². The van der Waals surface area contributed by atoms with Crippen LogP contribution in [0.3, 0.4) is 0 Å². The molecule has 1 saturated heterocycles. The first-order valence-electron chi connectivity index (χ1n) is 8.19. The van der Waals surface area contributed by atoms with Crippen LogP contribution in [0.2, 0.25) is 0 Å². The standard InChI is InChI=1S/C17H19NO4S3/c19-25(20,13-3-4-14-15(12-13)22-9-8-21-14)18-6-5-17(24-11-7-18)16-2-1-10-23-16/h1-4,10,12,17H,5-9,11H2/t17-/m1/s1. The Bertz CT molecular complexity index is 836. The summed E-state index contributed by atoms with van der Waals surface area (Å²) in [5.74, 6) is 1.91. The third-order valence-electron chi connectivity index (χ3n) is 4.31. The lowest BCUT2D eigenvalue weighted by Crippen LogP contribution is -2.33. The normalized spacial score (nSPS) is 21.7. The van der Waals surface area contributed by atoms with E-state index in [1.54, 1.807) is 33.8 Å². The Morgan fingerprint density at radius 1 is 1.08 bits per heavy atom. The van der Waals surface area contributed by atoms with E-state index in [0.29, 0.717) is 43.1 Å². The Hall–Kier alpha value is -1.22. The fourth-order valence-electron chi connectivity index (χ4n) is 3.03. The quantitative estimate of drug-likeness (QED) is 0.795. The number of ether oxygens (including phenoxy) is 2. The van der Waals surface area contributed by atoms with Crippen molar-refractivity contribution in [2.75, 3.05) is 32.1 Å². The highest BCUT2D eigenvalue weighted by molar-refractivity contribution is 7.99. The van der Waals surface area contributed by atoms with Crippen molar-refractivity contribution in [3.05, 3.63) is 40.6 Å². The van der Waals surface area contributed by atoms with Crippen LogP contribution >= 0.6 is 23.1 Å². The van der Waals surface area contributed by atoms with Crippen LogP contribution in [0.1, 0.15) is 16.5 Å². The first-order valence-corrected chi connectivity index (χ1v) is 11.6. The average Bonchev–Trinajstić information content (AvgIpc) is 3.05. The van der Waals surface area contributed by atoms with Gasteiger partial charge in [-0.1, -0.05) is 6.07 Å². The number of hydrogen-bond donors (Lipinski definition) is 0. The Morgan fingerprint density at radius 2 is 1.92 bits per heavy atom. The highest BCUT2D eigenvalue weighted by atomic mass is 32.2. The maximum atomic E-state index is 13.0. The molecule has 2 aliphatic heterocycles. The minimum atomic E-state index is -3.52. The number of nitrogens with zero attached hydrogens (tertiary/aromatic N) is 1. The predicted molar refractivity (Wildman–Crippen MR) is 100 cm³/mol. The van der Waals surface area contributed by atoms with Gasteiger partial charge in [0.05, 0.1) is 4.90 Å². The fraction of sp³-hybridized carbons (Fsp3) is 0.412. The zero-order valence-corrected chi connectivity index (χ0v) is 16.0. The molecule has 4 rings (SSSR count). The number of thioether (sulfide) groups is 1. The van der Waals surface area contributed by atoms with E-state index < -0.39 is 10.0 Å². The summed E-state index contributed by atoms with van der Waals surface area (Å²) in [6.45, 7) is 2.00. The Balaban J connectivity index is 1.54. The van der Waals surface area contributed by atoms with Crippen LogP contribution in [0.5, 0.6) is 11.5 Å². The molecule has 0 spiro atoms. The zero-order chi connectivity index (χ0) is 17.3. The number of hydrogen-bond acceptors (Lipinski definition) is 6. The molecule has 1 aromatic carbocycles. The monoisotopic (exact) mass is 397 g/mol. The van der Waals surface area contributed by atoms with E-state index in [0.717, 1.165) is 12.2 Å². The summed E-state index contributed by atoms with van der Waals surface area (Å²) >= 11 is 3.58. The summed E-state index contributed by atoms with van der Waals surface area (Å²) in [5.41, 5.74) is 0. The van der Waals surface area contributed by atoms with Crippen molar-refractivity contribution in [3.63, 3.8) is 0 Å². The molecule has 1 aromatic heterocycles. The zero-order valence-electron chi connectivity index (χ0n) is 13.6. The van der Waals surface area contributed by atoms with Crippen LogP contribution in [0.4, 0.5) is 0 Å². The smallest absolute Gasteiger partial charge is 0.243 e. The van der Waals surface area contributed by atoms with Gasteiger partial charge in [0, 0.05) is 35.0 Å². The van der Waals surface area contributed by atoms with Gasteiger partial charge >= 0.3 is 0 Å². The van der Waals surface area contributed by atoms with E-state index >= 15 is 0 Å². The largest absolute Gasteiger partial charge is 0.486 e. The summed E-state index contributed by atoms with van der Waals surface area (Å²) in [4.78, 5) is 1.60. The number of fused-ring (bicyclic) bond motifs is 1. The highest BCUT2D eigenvalue weighted by Gasteiger charge is 2.29. The molecule has 2 aromatic rings. The Morgan fingerprint density at radius 3 is 2.72 bits per heavy atom. The van der Waals surface area contributed by atoms with Crippen molar-refractivity contribution in [2.45, 2.75) is 16.6 Å². The van der Waals surface area contributed by atoms with Gasteiger partial charge in [-0.2, -0.15) is 16.1 Å². The predicted octanol–water partition coefficient (Wildman–Crippen LogP) is 3.39. The minimum Gasteiger partial charge on any atom is -0.486 e. The maximum absolute atomic E-state index is 13.0. The first kappa shape index (κ1) is 17.2. The van der Waals surface area contributed by atoms with Gasteiger partial charge in [0.15, 0.2) is 11.5 Å². The molecule has 5 nitrogen and oxygen atoms in total. The van der Waals surface area contributed by atoms with Crippen LogP contribution < -0.4 is 9.47 Å². The topological polar surface area (TPSA) is 55.8 Å². The average molecular weight is 398 g/mol. The lowest BCUT2D eigenvalue weighted by molar-refractivity contribution is 0.171. The molecule has 0 aliphatic carbocycles. The van der Waals surface area contributed by atoms with Gasteiger partial charge in [-0.3, -0.25) is 0 Å². The molecule has 0 N–H and O–H groups in total. The molecule has 0 saturated carbocycles.